The second-order valence-corrected chi connectivity index (χ2v) is 4.07. The van der Waals surface area contributed by atoms with Gasteiger partial charge in [-0.3, -0.25) is 4.79 Å². The minimum Gasteiger partial charge on any atom is -0.456 e. The summed E-state index contributed by atoms with van der Waals surface area (Å²) in [5.41, 5.74) is 1.03. The molecule has 102 valence electrons. The SMILES string of the molecule is CCc1oc(C(=O)NCCNCCOC)cc1C. The summed E-state index contributed by atoms with van der Waals surface area (Å²) in [6.45, 7) is 6.70. The van der Waals surface area contributed by atoms with Gasteiger partial charge in [-0.2, -0.15) is 0 Å². The van der Waals surface area contributed by atoms with Gasteiger partial charge < -0.3 is 19.8 Å². The van der Waals surface area contributed by atoms with Crippen LogP contribution >= 0.6 is 0 Å². The minimum absolute atomic E-state index is 0.161. The van der Waals surface area contributed by atoms with Crippen LogP contribution in [0.15, 0.2) is 10.5 Å². The second-order valence-electron chi connectivity index (χ2n) is 4.07. The molecule has 5 nitrogen and oxygen atoms in total. The number of rotatable bonds is 8. The monoisotopic (exact) mass is 254 g/mol. The van der Waals surface area contributed by atoms with Crippen molar-refractivity contribution < 1.29 is 13.9 Å². The van der Waals surface area contributed by atoms with Crippen molar-refractivity contribution in [1.82, 2.24) is 10.6 Å². The first-order valence-electron chi connectivity index (χ1n) is 6.26. The van der Waals surface area contributed by atoms with Gasteiger partial charge in [0.1, 0.15) is 5.76 Å². The molecule has 0 atom stereocenters. The molecular formula is C13H22N2O3. The summed E-state index contributed by atoms with van der Waals surface area (Å²) in [5.74, 6) is 1.10. The number of furan rings is 1. The maximum absolute atomic E-state index is 11.8. The van der Waals surface area contributed by atoms with Crippen LogP contribution in [0, 0.1) is 6.92 Å². The van der Waals surface area contributed by atoms with Gasteiger partial charge in [-0.25, -0.2) is 0 Å². The van der Waals surface area contributed by atoms with Gasteiger partial charge in [-0.05, 0) is 18.6 Å². The summed E-state index contributed by atoms with van der Waals surface area (Å²) in [6.07, 6.45) is 0.803. The molecule has 0 aromatic carbocycles. The number of aryl methyl sites for hydroxylation is 2. The van der Waals surface area contributed by atoms with Crippen LogP contribution < -0.4 is 10.6 Å². The zero-order valence-electron chi connectivity index (χ0n) is 11.3. The molecule has 0 radical (unpaired) electrons. The molecule has 1 amide bonds. The van der Waals surface area contributed by atoms with E-state index in [1.807, 2.05) is 13.8 Å². The number of hydrogen-bond donors (Lipinski definition) is 2. The van der Waals surface area contributed by atoms with E-state index in [2.05, 4.69) is 10.6 Å². The van der Waals surface area contributed by atoms with Crippen molar-refractivity contribution in [2.75, 3.05) is 33.4 Å². The Bertz CT molecular complexity index is 374. The number of carbonyl (C=O) groups is 1. The highest BCUT2D eigenvalue weighted by Gasteiger charge is 2.12. The Morgan fingerprint density at radius 1 is 1.39 bits per heavy atom. The summed E-state index contributed by atoms with van der Waals surface area (Å²) in [4.78, 5) is 11.8. The van der Waals surface area contributed by atoms with Crippen LogP contribution in [0.4, 0.5) is 0 Å². The van der Waals surface area contributed by atoms with Crippen molar-refractivity contribution in [2.45, 2.75) is 20.3 Å². The molecule has 18 heavy (non-hydrogen) atoms. The minimum atomic E-state index is -0.161. The van der Waals surface area contributed by atoms with Crippen LogP contribution in [-0.2, 0) is 11.2 Å². The molecule has 0 aliphatic rings. The molecule has 0 saturated heterocycles. The summed E-state index contributed by atoms with van der Waals surface area (Å²) in [5, 5.41) is 5.96. The van der Waals surface area contributed by atoms with Crippen LogP contribution in [0.2, 0.25) is 0 Å². The van der Waals surface area contributed by atoms with Gasteiger partial charge in [0, 0.05) is 33.2 Å². The standard InChI is InChI=1S/C13H22N2O3/c1-4-11-10(2)9-12(18-11)13(16)15-6-5-14-7-8-17-3/h9,14H,4-8H2,1-3H3,(H,15,16). The van der Waals surface area contributed by atoms with Crippen LogP contribution in [0.25, 0.3) is 0 Å². The Hall–Kier alpha value is -1.33. The third-order valence-electron chi connectivity index (χ3n) is 2.64. The lowest BCUT2D eigenvalue weighted by Crippen LogP contribution is -2.32. The zero-order chi connectivity index (χ0) is 13.4. The molecule has 0 unspecified atom stereocenters. The molecule has 0 aliphatic heterocycles. The summed E-state index contributed by atoms with van der Waals surface area (Å²) in [7, 11) is 1.66. The fourth-order valence-corrected chi connectivity index (χ4v) is 1.63. The fourth-order valence-electron chi connectivity index (χ4n) is 1.63. The number of nitrogens with one attached hydrogen (secondary N) is 2. The molecule has 0 spiro atoms. The maximum Gasteiger partial charge on any atom is 0.287 e. The lowest BCUT2D eigenvalue weighted by atomic mass is 10.2. The highest BCUT2D eigenvalue weighted by molar-refractivity contribution is 5.91. The smallest absolute Gasteiger partial charge is 0.287 e. The largest absolute Gasteiger partial charge is 0.456 e. The number of carbonyl (C=O) groups excluding carboxylic acids is 1. The first-order valence-corrected chi connectivity index (χ1v) is 6.26. The van der Waals surface area contributed by atoms with Crippen LogP contribution in [0.1, 0.15) is 28.8 Å². The Morgan fingerprint density at radius 3 is 2.78 bits per heavy atom. The van der Waals surface area contributed by atoms with E-state index in [0.29, 0.717) is 18.9 Å². The Labute approximate surface area is 108 Å². The number of methoxy groups -OCH3 is 1. The van der Waals surface area contributed by atoms with E-state index in [-0.39, 0.29) is 5.91 Å². The lowest BCUT2D eigenvalue weighted by Gasteiger charge is -2.04. The van der Waals surface area contributed by atoms with Crippen molar-refractivity contribution in [3.05, 3.63) is 23.2 Å². The van der Waals surface area contributed by atoms with Gasteiger partial charge in [0.05, 0.1) is 6.61 Å². The van der Waals surface area contributed by atoms with Gasteiger partial charge in [0.25, 0.3) is 5.91 Å². The van der Waals surface area contributed by atoms with Crippen molar-refractivity contribution in [1.29, 1.82) is 0 Å². The van der Waals surface area contributed by atoms with E-state index >= 15 is 0 Å². The van der Waals surface area contributed by atoms with Crippen molar-refractivity contribution in [2.24, 2.45) is 0 Å². The zero-order valence-corrected chi connectivity index (χ0v) is 11.3. The van der Waals surface area contributed by atoms with E-state index < -0.39 is 0 Å². The number of amides is 1. The van der Waals surface area contributed by atoms with Crippen LogP contribution in [0.3, 0.4) is 0 Å². The topological polar surface area (TPSA) is 63.5 Å². The molecule has 1 heterocycles. The Kier molecular flexibility index (Phi) is 6.46. The predicted octanol–water partition coefficient (Wildman–Crippen LogP) is 1.12. The van der Waals surface area contributed by atoms with E-state index in [9.17, 15) is 4.79 Å². The van der Waals surface area contributed by atoms with Crippen molar-refractivity contribution in [3.8, 4) is 0 Å². The average molecular weight is 254 g/mol. The summed E-state index contributed by atoms with van der Waals surface area (Å²) >= 11 is 0. The van der Waals surface area contributed by atoms with E-state index in [1.54, 1.807) is 13.2 Å². The molecule has 0 saturated carbocycles. The van der Waals surface area contributed by atoms with Gasteiger partial charge in [-0.1, -0.05) is 6.92 Å². The number of ether oxygens (including phenoxy) is 1. The lowest BCUT2D eigenvalue weighted by molar-refractivity contribution is 0.0924. The average Bonchev–Trinajstić information content (AvgIpc) is 2.74. The molecule has 0 bridgehead atoms. The second kappa shape index (κ2) is 7.89. The molecule has 5 heteroatoms. The van der Waals surface area contributed by atoms with Crippen LogP contribution in [-0.4, -0.2) is 39.3 Å². The Morgan fingerprint density at radius 2 is 2.17 bits per heavy atom. The summed E-state index contributed by atoms with van der Waals surface area (Å²) in [6, 6.07) is 1.78. The van der Waals surface area contributed by atoms with E-state index in [4.69, 9.17) is 9.15 Å². The molecule has 1 aromatic rings. The van der Waals surface area contributed by atoms with Crippen molar-refractivity contribution in [3.63, 3.8) is 0 Å². The molecule has 1 aromatic heterocycles. The molecular weight excluding hydrogens is 232 g/mol. The molecule has 2 N–H and O–H groups in total. The van der Waals surface area contributed by atoms with Gasteiger partial charge in [0.15, 0.2) is 5.76 Å². The maximum atomic E-state index is 11.8. The number of hydrogen-bond acceptors (Lipinski definition) is 4. The van der Waals surface area contributed by atoms with Gasteiger partial charge in [0.2, 0.25) is 0 Å². The summed E-state index contributed by atoms with van der Waals surface area (Å²) < 4.78 is 10.4. The quantitative estimate of drug-likeness (QED) is 0.682. The highest BCUT2D eigenvalue weighted by atomic mass is 16.5. The first kappa shape index (κ1) is 14.7. The van der Waals surface area contributed by atoms with Gasteiger partial charge in [-0.15, -0.1) is 0 Å². The van der Waals surface area contributed by atoms with Gasteiger partial charge >= 0.3 is 0 Å². The molecule has 0 fully saturated rings. The Balaban J connectivity index is 2.27. The van der Waals surface area contributed by atoms with E-state index in [0.717, 1.165) is 30.8 Å². The normalized spacial score (nSPS) is 10.6. The van der Waals surface area contributed by atoms with E-state index in [1.165, 1.54) is 0 Å². The fraction of sp³-hybridized carbons (Fsp3) is 0.615. The third kappa shape index (κ3) is 4.50. The third-order valence-corrected chi connectivity index (χ3v) is 2.64. The van der Waals surface area contributed by atoms with Crippen molar-refractivity contribution >= 4 is 5.91 Å². The highest BCUT2D eigenvalue weighted by Crippen LogP contribution is 2.14. The predicted molar refractivity (Wildman–Crippen MR) is 69.9 cm³/mol. The molecule has 1 rings (SSSR count). The molecule has 0 aliphatic carbocycles. The first-order chi connectivity index (χ1) is 8.69. The van der Waals surface area contributed by atoms with Crippen LogP contribution in [0.5, 0.6) is 0 Å².